The summed E-state index contributed by atoms with van der Waals surface area (Å²) in [4.78, 5) is 16.3. The Labute approximate surface area is 146 Å². The van der Waals surface area contributed by atoms with Gasteiger partial charge in [0.2, 0.25) is 5.91 Å². The maximum absolute atomic E-state index is 12.2. The zero-order valence-electron chi connectivity index (χ0n) is 13.5. The van der Waals surface area contributed by atoms with Crippen molar-refractivity contribution in [2.75, 3.05) is 0 Å². The van der Waals surface area contributed by atoms with Crippen LogP contribution in [0.4, 0.5) is 0 Å². The van der Waals surface area contributed by atoms with E-state index >= 15 is 0 Å². The molecular formula is C18H21ClN4O. The average Bonchev–Trinajstić information content (AvgIpc) is 2.95. The number of benzene rings is 1. The Bertz CT molecular complexity index is 694. The van der Waals surface area contributed by atoms with Gasteiger partial charge in [-0.2, -0.15) is 0 Å². The summed E-state index contributed by atoms with van der Waals surface area (Å²) >= 11 is 5.97. The molecular weight excluding hydrogens is 324 g/mol. The number of carbonyl (C=O) groups excluding carboxylic acids is 1. The van der Waals surface area contributed by atoms with Crippen molar-refractivity contribution in [3.63, 3.8) is 0 Å². The summed E-state index contributed by atoms with van der Waals surface area (Å²) in [7, 11) is 0. The lowest BCUT2D eigenvalue weighted by molar-refractivity contribution is -0.122. The summed E-state index contributed by atoms with van der Waals surface area (Å²) in [6.07, 6.45) is 4.57. The van der Waals surface area contributed by atoms with Crippen molar-refractivity contribution >= 4 is 17.5 Å². The highest BCUT2D eigenvalue weighted by atomic mass is 35.5. The van der Waals surface area contributed by atoms with Crippen LogP contribution in [0, 0.1) is 5.92 Å². The maximum atomic E-state index is 12.2. The van der Waals surface area contributed by atoms with Crippen LogP contribution in [0.5, 0.6) is 0 Å². The molecule has 1 aliphatic heterocycles. The van der Waals surface area contributed by atoms with Crippen molar-refractivity contribution in [2.45, 2.75) is 32.0 Å². The third kappa shape index (κ3) is 4.12. The molecule has 2 aromatic rings. The van der Waals surface area contributed by atoms with E-state index in [1.807, 2.05) is 36.4 Å². The molecule has 3 N–H and O–H groups in total. The summed E-state index contributed by atoms with van der Waals surface area (Å²) in [6, 6.07) is 11.7. The molecule has 1 fully saturated rings. The molecule has 1 aromatic carbocycles. The monoisotopic (exact) mass is 344 g/mol. The number of nitrogens with zero attached hydrogens (tertiary/aromatic N) is 1. The number of nitrogens with one attached hydrogen (secondary N) is 3. The summed E-state index contributed by atoms with van der Waals surface area (Å²) < 4.78 is 0. The van der Waals surface area contributed by atoms with Gasteiger partial charge in [-0.05, 0) is 41.8 Å². The van der Waals surface area contributed by atoms with Gasteiger partial charge in [0.1, 0.15) is 0 Å². The summed E-state index contributed by atoms with van der Waals surface area (Å²) in [5, 5.41) is 3.75. The van der Waals surface area contributed by atoms with Crippen molar-refractivity contribution in [3.8, 4) is 0 Å². The Hall–Kier alpha value is -1.95. The molecule has 1 saturated heterocycles. The molecule has 1 amide bonds. The molecule has 3 rings (SSSR count). The number of carbonyl (C=O) groups is 1. The molecule has 1 aromatic heterocycles. The fourth-order valence-corrected chi connectivity index (χ4v) is 3.17. The molecule has 0 saturated carbocycles. The van der Waals surface area contributed by atoms with Crippen LogP contribution in [0.2, 0.25) is 5.02 Å². The summed E-state index contributed by atoms with van der Waals surface area (Å²) in [5.41, 5.74) is 8.64. The van der Waals surface area contributed by atoms with E-state index in [0.29, 0.717) is 17.9 Å². The van der Waals surface area contributed by atoms with Gasteiger partial charge >= 0.3 is 0 Å². The van der Waals surface area contributed by atoms with E-state index in [4.69, 9.17) is 11.6 Å². The first-order chi connectivity index (χ1) is 11.6. The minimum absolute atomic E-state index is 0.0245. The average molecular weight is 345 g/mol. The topological polar surface area (TPSA) is 66.1 Å². The van der Waals surface area contributed by atoms with Gasteiger partial charge in [0, 0.05) is 29.8 Å². The minimum Gasteiger partial charge on any atom is -0.339 e. The van der Waals surface area contributed by atoms with Gasteiger partial charge in [-0.25, -0.2) is 10.9 Å². The number of pyridine rings is 1. The standard InChI is InChI=1S/C18H21ClN4O/c1-12-17(14-7-9-20-10-8-14)22-23-18(12)21-16(24)6-5-13-3-2-4-15(19)11-13/h2-4,7-12,17-18,22-23H,5-6H2,1H3,(H,21,24). The molecule has 0 aliphatic carbocycles. The zero-order chi connectivity index (χ0) is 16.9. The number of halogens is 1. The molecule has 126 valence electrons. The molecule has 0 spiro atoms. The van der Waals surface area contributed by atoms with Gasteiger partial charge < -0.3 is 5.32 Å². The fourth-order valence-electron chi connectivity index (χ4n) is 2.96. The fraction of sp³-hybridized carbons (Fsp3) is 0.333. The lowest BCUT2D eigenvalue weighted by Gasteiger charge is -2.19. The number of aryl methyl sites for hydroxylation is 1. The number of aromatic nitrogens is 1. The first-order valence-corrected chi connectivity index (χ1v) is 8.46. The molecule has 3 unspecified atom stereocenters. The quantitative estimate of drug-likeness (QED) is 0.780. The van der Waals surface area contributed by atoms with Crippen LogP contribution < -0.4 is 16.2 Å². The number of hydrogen-bond acceptors (Lipinski definition) is 4. The summed E-state index contributed by atoms with van der Waals surface area (Å²) in [5.74, 6) is 0.249. The van der Waals surface area contributed by atoms with E-state index in [0.717, 1.165) is 11.1 Å². The Morgan fingerprint density at radius 3 is 2.79 bits per heavy atom. The molecule has 5 nitrogen and oxygen atoms in total. The molecule has 0 bridgehead atoms. The predicted molar refractivity (Wildman–Crippen MR) is 94.1 cm³/mol. The van der Waals surface area contributed by atoms with Crippen LogP contribution in [-0.2, 0) is 11.2 Å². The van der Waals surface area contributed by atoms with Crippen molar-refractivity contribution in [1.82, 2.24) is 21.2 Å². The van der Waals surface area contributed by atoms with E-state index in [1.54, 1.807) is 12.4 Å². The Morgan fingerprint density at radius 2 is 2.04 bits per heavy atom. The SMILES string of the molecule is CC1C(NC(=O)CCc2cccc(Cl)c2)NNC1c1ccncc1. The second-order valence-electron chi connectivity index (χ2n) is 6.08. The predicted octanol–water partition coefficient (Wildman–Crippen LogP) is 2.60. The number of amides is 1. The normalized spacial score (nSPS) is 23.2. The Balaban J connectivity index is 1.52. The lowest BCUT2D eigenvalue weighted by Crippen LogP contribution is -2.46. The van der Waals surface area contributed by atoms with E-state index in [9.17, 15) is 4.79 Å². The third-order valence-corrected chi connectivity index (χ3v) is 4.59. The van der Waals surface area contributed by atoms with Crippen molar-refractivity contribution in [2.24, 2.45) is 5.92 Å². The van der Waals surface area contributed by atoms with Crippen LogP contribution in [0.15, 0.2) is 48.8 Å². The van der Waals surface area contributed by atoms with Crippen LogP contribution in [0.3, 0.4) is 0 Å². The van der Waals surface area contributed by atoms with Gasteiger partial charge in [-0.3, -0.25) is 9.78 Å². The van der Waals surface area contributed by atoms with Gasteiger partial charge in [0.15, 0.2) is 0 Å². The highest BCUT2D eigenvalue weighted by Gasteiger charge is 2.33. The molecule has 24 heavy (non-hydrogen) atoms. The molecule has 3 atom stereocenters. The zero-order valence-corrected chi connectivity index (χ0v) is 14.3. The molecule has 2 heterocycles. The maximum Gasteiger partial charge on any atom is 0.221 e. The number of hydrazine groups is 1. The van der Waals surface area contributed by atoms with Crippen molar-refractivity contribution in [3.05, 3.63) is 64.9 Å². The Morgan fingerprint density at radius 1 is 1.25 bits per heavy atom. The van der Waals surface area contributed by atoms with Crippen LogP contribution in [0.1, 0.15) is 30.5 Å². The molecule has 1 aliphatic rings. The van der Waals surface area contributed by atoms with Gasteiger partial charge in [0.05, 0.1) is 12.2 Å². The van der Waals surface area contributed by atoms with Gasteiger partial charge in [0.25, 0.3) is 0 Å². The second-order valence-corrected chi connectivity index (χ2v) is 6.52. The van der Waals surface area contributed by atoms with E-state index in [2.05, 4.69) is 28.1 Å². The van der Waals surface area contributed by atoms with E-state index in [1.165, 1.54) is 0 Å². The van der Waals surface area contributed by atoms with E-state index in [-0.39, 0.29) is 24.0 Å². The first kappa shape index (κ1) is 16.9. The largest absolute Gasteiger partial charge is 0.339 e. The minimum atomic E-state index is -0.102. The second kappa shape index (κ2) is 7.75. The first-order valence-electron chi connectivity index (χ1n) is 8.08. The molecule has 0 radical (unpaired) electrons. The van der Waals surface area contributed by atoms with Crippen LogP contribution in [-0.4, -0.2) is 17.1 Å². The van der Waals surface area contributed by atoms with Gasteiger partial charge in [-0.15, -0.1) is 0 Å². The van der Waals surface area contributed by atoms with Crippen LogP contribution in [0.25, 0.3) is 0 Å². The van der Waals surface area contributed by atoms with E-state index < -0.39 is 0 Å². The highest BCUT2D eigenvalue weighted by Crippen LogP contribution is 2.26. The van der Waals surface area contributed by atoms with Crippen molar-refractivity contribution < 1.29 is 4.79 Å². The number of hydrogen-bond donors (Lipinski definition) is 3. The highest BCUT2D eigenvalue weighted by molar-refractivity contribution is 6.30. The third-order valence-electron chi connectivity index (χ3n) is 4.36. The number of rotatable bonds is 5. The van der Waals surface area contributed by atoms with Crippen LogP contribution >= 0.6 is 11.6 Å². The summed E-state index contributed by atoms with van der Waals surface area (Å²) in [6.45, 7) is 2.11. The molecule has 6 heteroatoms. The lowest BCUT2D eigenvalue weighted by atomic mass is 9.95. The smallest absolute Gasteiger partial charge is 0.221 e. The van der Waals surface area contributed by atoms with Gasteiger partial charge in [-0.1, -0.05) is 30.7 Å². The Kier molecular flexibility index (Phi) is 5.45. The van der Waals surface area contributed by atoms with Crippen molar-refractivity contribution in [1.29, 1.82) is 0 Å².